The van der Waals surface area contributed by atoms with E-state index < -0.39 is 0 Å². The summed E-state index contributed by atoms with van der Waals surface area (Å²) in [6.45, 7) is 0. The molecule has 18 heavy (non-hydrogen) atoms. The maximum atomic E-state index is 8.25. The van der Waals surface area contributed by atoms with Crippen LogP contribution in [0.2, 0.25) is 0 Å². The largest absolute Gasteiger partial charge is 0.393 e. The Morgan fingerprint density at radius 3 is 2.06 bits per heavy atom. The lowest BCUT2D eigenvalue weighted by molar-refractivity contribution is 1.21. The number of nitrogen functional groups attached to an aromatic ring is 4. The molecule has 2 heterocycles. The number of hydrogen-bond donors (Lipinski definition) is 4. The molecular weight excluding hydrogens is 232 g/mol. The van der Waals surface area contributed by atoms with E-state index in [-0.39, 0.29) is 23.3 Å². The Morgan fingerprint density at radius 2 is 1.67 bits per heavy atom. The highest BCUT2D eigenvalue weighted by atomic mass is 15.1. The van der Waals surface area contributed by atoms with Gasteiger partial charge in [0.15, 0.2) is 11.6 Å². The Hall–Kier alpha value is -3.08. The first-order valence-electron chi connectivity index (χ1n) is 4.78. The highest BCUT2D eigenvalue weighted by molar-refractivity contribution is 5.71. The fourth-order valence-corrected chi connectivity index (χ4v) is 0.952. The van der Waals surface area contributed by atoms with Crippen LogP contribution in [0.1, 0.15) is 5.56 Å². The van der Waals surface area contributed by atoms with Crippen LogP contribution in [0.5, 0.6) is 0 Å². The van der Waals surface area contributed by atoms with Gasteiger partial charge < -0.3 is 22.9 Å². The van der Waals surface area contributed by atoms with Crippen molar-refractivity contribution in [2.24, 2.45) is 0 Å². The molecule has 0 saturated heterocycles. The van der Waals surface area contributed by atoms with Crippen LogP contribution in [0.15, 0.2) is 24.5 Å². The molecule has 0 bridgehead atoms. The molecule has 92 valence electrons. The van der Waals surface area contributed by atoms with Gasteiger partial charge in [-0.1, -0.05) is 0 Å². The second kappa shape index (κ2) is 5.86. The van der Waals surface area contributed by atoms with E-state index in [1.165, 1.54) is 6.20 Å². The summed E-state index contributed by atoms with van der Waals surface area (Å²) in [7, 11) is 0. The van der Waals surface area contributed by atoms with Gasteiger partial charge in [-0.3, -0.25) is 4.98 Å². The normalized spacial score (nSPS) is 8.83. The van der Waals surface area contributed by atoms with Crippen LogP contribution in [-0.2, 0) is 0 Å². The van der Waals surface area contributed by atoms with Crippen LogP contribution in [-0.4, -0.2) is 15.0 Å². The molecular formula is C10H12N8. The molecule has 0 saturated carbocycles. The van der Waals surface area contributed by atoms with Gasteiger partial charge in [0.2, 0.25) is 5.95 Å². The summed E-state index contributed by atoms with van der Waals surface area (Å²) in [5, 5.41) is 8.25. The van der Waals surface area contributed by atoms with Crippen molar-refractivity contribution in [1.29, 1.82) is 5.26 Å². The Labute approximate surface area is 103 Å². The zero-order valence-electron chi connectivity index (χ0n) is 9.41. The van der Waals surface area contributed by atoms with Crippen molar-refractivity contribution in [3.63, 3.8) is 0 Å². The number of nitriles is 1. The van der Waals surface area contributed by atoms with Gasteiger partial charge in [-0.2, -0.15) is 15.2 Å². The summed E-state index contributed by atoms with van der Waals surface area (Å²) in [6.07, 6.45) is 3.17. The molecule has 0 unspecified atom stereocenters. The molecule has 8 N–H and O–H groups in total. The van der Waals surface area contributed by atoms with Crippen LogP contribution in [0.3, 0.4) is 0 Å². The van der Waals surface area contributed by atoms with Crippen LogP contribution < -0.4 is 22.9 Å². The Kier molecular flexibility index (Phi) is 4.22. The lowest BCUT2D eigenvalue weighted by Crippen LogP contribution is -2.07. The average Bonchev–Trinajstić information content (AvgIpc) is 2.37. The van der Waals surface area contributed by atoms with Crippen molar-refractivity contribution in [1.82, 2.24) is 15.0 Å². The van der Waals surface area contributed by atoms with Crippen LogP contribution in [0, 0.1) is 11.3 Å². The van der Waals surface area contributed by atoms with E-state index in [1.54, 1.807) is 18.3 Å². The van der Waals surface area contributed by atoms with Crippen molar-refractivity contribution in [2.45, 2.75) is 0 Å². The third-order valence-electron chi connectivity index (χ3n) is 1.81. The minimum absolute atomic E-state index is 0.0317. The van der Waals surface area contributed by atoms with E-state index in [0.29, 0.717) is 5.56 Å². The topological polar surface area (TPSA) is 167 Å². The minimum atomic E-state index is 0.0317. The van der Waals surface area contributed by atoms with E-state index >= 15 is 0 Å². The standard InChI is InChI=1S/C6H4N2.C4H8N6/c7-4-6-2-1-3-8-5-6;5-1-2(6)9-4(8)10-3(1)7/h1-3,5H;5H2,(H6,6,7,8,9,10). The average molecular weight is 244 g/mol. The zero-order valence-corrected chi connectivity index (χ0v) is 9.41. The number of anilines is 4. The lowest BCUT2D eigenvalue weighted by Gasteiger charge is -2.01. The smallest absolute Gasteiger partial charge is 0.224 e. The second-order valence-corrected chi connectivity index (χ2v) is 3.12. The van der Waals surface area contributed by atoms with E-state index in [4.69, 9.17) is 28.2 Å². The Bertz CT molecular complexity index is 537. The highest BCUT2D eigenvalue weighted by Gasteiger charge is 2.02. The van der Waals surface area contributed by atoms with Crippen molar-refractivity contribution in [3.05, 3.63) is 30.1 Å². The maximum absolute atomic E-state index is 8.25. The Morgan fingerprint density at radius 1 is 1.06 bits per heavy atom. The van der Waals surface area contributed by atoms with Crippen LogP contribution in [0.4, 0.5) is 23.3 Å². The van der Waals surface area contributed by atoms with Crippen molar-refractivity contribution < 1.29 is 0 Å². The fourth-order valence-electron chi connectivity index (χ4n) is 0.952. The van der Waals surface area contributed by atoms with Gasteiger partial charge in [-0.25, -0.2) is 0 Å². The van der Waals surface area contributed by atoms with Crippen molar-refractivity contribution >= 4 is 23.3 Å². The highest BCUT2D eigenvalue weighted by Crippen LogP contribution is 2.17. The number of hydrogen-bond acceptors (Lipinski definition) is 8. The maximum Gasteiger partial charge on any atom is 0.224 e. The quantitative estimate of drug-likeness (QED) is 0.492. The molecule has 0 atom stereocenters. The molecule has 8 nitrogen and oxygen atoms in total. The summed E-state index contributed by atoms with van der Waals surface area (Å²) in [6, 6.07) is 5.41. The Balaban J connectivity index is 0.000000184. The fraction of sp³-hybridized carbons (Fsp3) is 0. The first kappa shape index (κ1) is 13.0. The SMILES string of the molecule is N#Cc1cccnc1.Nc1nc(N)c(N)c(N)n1. The molecule has 0 radical (unpaired) electrons. The minimum Gasteiger partial charge on any atom is -0.393 e. The third kappa shape index (κ3) is 3.49. The predicted octanol–water partition coefficient (Wildman–Crippen LogP) is -0.241. The number of nitrogens with two attached hydrogens (primary N) is 4. The van der Waals surface area contributed by atoms with Gasteiger partial charge in [0, 0.05) is 12.4 Å². The predicted molar refractivity (Wildman–Crippen MR) is 68.6 cm³/mol. The van der Waals surface area contributed by atoms with Gasteiger partial charge in [-0.15, -0.1) is 0 Å². The molecule has 8 heteroatoms. The van der Waals surface area contributed by atoms with Gasteiger partial charge in [0.1, 0.15) is 11.8 Å². The monoisotopic (exact) mass is 244 g/mol. The van der Waals surface area contributed by atoms with Crippen molar-refractivity contribution in [3.8, 4) is 6.07 Å². The summed E-state index contributed by atoms with van der Waals surface area (Å²) in [5.74, 6) is 0.263. The number of aromatic nitrogens is 3. The third-order valence-corrected chi connectivity index (χ3v) is 1.81. The van der Waals surface area contributed by atoms with E-state index in [9.17, 15) is 0 Å². The first-order chi connectivity index (χ1) is 8.54. The van der Waals surface area contributed by atoms with E-state index in [2.05, 4.69) is 15.0 Å². The number of pyridine rings is 1. The molecule has 0 aromatic carbocycles. The molecule has 2 aromatic heterocycles. The van der Waals surface area contributed by atoms with Crippen LogP contribution >= 0.6 is 0 Å². The molecule has 0 aliphatic carbocycles. The summed E-state index contributed by atoms with van der Waals surface area (Å²) in [5.41, 5.74) is 21.9. The first-order valence-corrected chi connectivity index (χ1v) is 4.78. The molecule has 0 aliphatic rings. The van der Waals surface area contributed by atoms with Crippen LogP contribution in [0.25, 0.3) is 0 Å². The van der Waals surface area contributed by atoms with Gasteiger partial charge in [0.25, 0.3) is 0 Å². The van der Waals surface area contributed by atoms with Gasteiger partial charge in [-0.05, 0) is 12.1 Å². The molecule has 2 aromatic rings. The summed E-state index contributed by atoms with van der Waals surface area (Å²) < 4.78 is 0. The second-order valence-electron chi connectivity index (χ2n) is 3.12. The summed E-state index contributed by atoms with van der Waals surface area (Å²) in [4.78, 5) is 10.9. The van der Waals surface area contributed by atoms with E-state index in [1.807, 2.05) is 6.07 Å². The lowest BCUT2D eigenvalue weighted by atomic mass is 10.3. The number of rotatable bonds is 0. The summed E-state index contributed by atoms with van der Waals surface area (Å²) >= 11 is 0. The van der Waals surface area contributed by atoms with E-state index in [0.717, 1.165) is 0 Å². The molecule has 0 amide bonds. The molecule has 0 spiro atoms. The molecule has 0 aliphatic heterocycles. The molecule has 0 fully saturated rings. The molecule has 2 rings (SSSR count). The van der Waals surface area contributed by atoms with Gasteiger partial charge >= 0.3 is 0 Å². The van der Waals surface area contributed by atoms with Crippen molar-refractivity contribution in [2.75, 3.05) is 22.9 Å². The zero-order chi connectivity index (χ0) is 13.5. The number of nitrogens with zero attached hydrogens (tertiary/aromatic N) is 4. The van der Waals surface area contributed by atoms with Gasteiger partial charge in [0.05, 0.1) is 5.56 Å².